The fourth-order valence-corrected chi connectivity index (χ4v) is 2.19. The summed E-state index contributed by atoms with van der Waals surface area (Å²) in [7, 11) is 0. The van der Waals surface area contributed by atoms with Gasteiger partial charge in [0, 0.05) is 11.3 Å². The van der Waals surface area contributed by atoms with Gasteiger partial charge in [0.25, 0.3) is 0 Å². The number of nitrogens with one attached hydrogen (secondary N) is 2. The average Bonchev–Trinajstić information content (AvgIpc) is 2.63. The van der Waals surface area contributed by atoms with Crippen LogP contribution in [0.15, 0.2) is 54.6 Å². The first kappa shape index (κ1) is 19.6. The van der Waals surface area contributed by atoms with Crippen molar-refractivity contribution in [2.24, 2.45) is 0 Å². The highest BCUT2D eigenvalue weighted by Gasteiger charge is 2.40. The number of halogens is 3. The number of hydrogen-bond acceptors (Lipinski definition) is 4. The molecule has 0 spiro atoms. The molecule has 0 saturated carbocycles. The number of aliphatic hydroxyl groups excluding tert-OH is 1. The molecular formula is C18H19F3N2O3. The lowest BCUT2D eigenvalue weighted by molar-refractivity contribution is -0.206. The fourth-order valence-electron chi connectivity index (χ4n) is 2.19. The van der Waals surface area contributed by atoms with E-state index < -0.39 is 18.2 Å². The summed E-state index contributed by atoms with van der Waals surface area (Å²) >= 11 is 0. The zero-order valence-electron chi connectivity index (χ0n) is 13.8. The molecule has 2 rings (SSSR count). The van der Waals surface area contributed by atoms with Crippen LogP contribution in [-0.4, -0.2) is 36.9 Å². The topological polar surface area (TPSA) is 70.6 Å². The Labute approximate surface area is 148 Å². The van der Waals surface area contributed by atoms with E-state index in [2.05, 4.69) is 10.6 Å². The number of carbonyl (C=O) groups is 1. The van der Waals surface area contributed by atoms with Crippen LogP contribution in [0.5, 0.6) is 5.75 Å². The van der Waals surface area contributed by atoms with Gasteiger partial charge in [-0.2, -0.15) is 13.2 Å². The normalized spacial score (nSPS) is 12.3. The van der Waals surface area contributed by atoms with E-state index in [1.165, 1.54) is 18.2 Å². The highest BCUT2D eigenvalue weighted by Crippen LogP contribution is 2.35. The molecule has 5 nitrogen and oxygen atoms in total. The van der Waals surface area contributed by atoms with Gasteiger partial charge >= 0.3 is 6.18 Å². The van der Waals surface area contributed by atoms with E-state index in [0.29, 0.717) is 5.75 Å². The van der Waals surface area contributed by atoms with E-state index >= 15 is 0 Å². The number of carbonyl (C=O) groups excluding carboxylic acids is 1. The molecule has 0 fully saturated rings. The van der Waals surface area contributed by atoms with Gasteiger partial charge in [0.1, 0.15) is 12.4 Å². The molecule has 0 radical (unpaired) electrons. The lowest BCUT2D eigenvalue weighted by Crippen LogP contribution is -2.33. The maximum absolute atomic E-state index is 12.7. The maximum atomic E-state index is 12.7. The summed E-state index contributed by atoms with van der Waals surface area (Å²) in [6.07, 6.45) is -7.40. The summed E-state index contributed by atoms with van der Waals surface area (Å²) < 4.78 is 43.5. The number of benzene rings is 2. The predicted octanol–water partition coefficient (Wildman–Crippen LogP) is 2.89. The number of anilines is 1. The summed E-state index contributed by atoms with van der Waals surface area (Å²) in [4.78, 5) is 11.8. The third kappa shape index (κ3) is 5.96. The zero-order chi connectivity index (χ0) is 19.0. The summed E-state index contributed by atoms with van der Waals surface area (Å²) in [5.41, 5.74) is -0.284. The molecule has 2 aromatic carbocycles. The maximum Gasteiger partial charge on any atom is 0.418 e. The molecule has 2 aromatic rings. The Hall–Kier alpha value is -2.74. The minimum absolute atomic E-state index is 0.0491. The van der Waals surface area contributed by atoms with Gasteiger partial charge in [0.05, 0.1) is 13.1 Å². The van der Waals surface area contributed by atoms with Gasteiger partial charge in [-0.15, -0.1) is 0 Å². The van der Waals surface area contributed by atoms with Crippen LogP contribution in [0.25, 0.3) is 0 Å². The number of para-hydroxylation sites is 2. The third-order valence-electron chi connectivity index (χ3n) is 3.44. The van der Waals surface area contributed by atoms with Crippen LogP contribution in [0.2, 0.25) is 0 Å². The highest BCUT2D eigenvalue weighted by atomic mass is 19.4. The minimum Gasteiger partial charge on any atom is -0.492 e. The largest absolute Gasteiger partial charge is 0.492 e. The van der Waals surface area contributed by atoms with E-state index in [-0.39, 0.29) is 30.9 Å². The Morgan fingerprint density at radius 2 is 1.73 bits per heavy atom. The van der Waals surface area contributed by atoms with Gasteiger partial charge in [-0.05, 0) is 18.2 Å². The fraction of sp³-hybridized carbons (Fsp3) is 0.278. The van der Waals surface area contributed by atoms with Crippen LogP contribution in [0, 0.1) is 0 Å². The van der Waals surface area contributed by atoms with Crippen molar-refractivity contribution < 1.29 is 27.8 Å². The molecule has 140 valence electrons. The number of amides is 1. The first-order valence-electron chi connectivity index (χ1n) is 7.90. The molecule has 0 aliphatic rings. The number of aliphatic hydroxyl groups is 1. The van der Waals surface area contributed by atoms with Crippen molar-refractivity contribution in [1.82, 2.24) is 5.32 Å². The van der Waals surface area contributed by atoms with Crippen molar-refractivity contribution in [1.29, 1.82) is 0 Å². The molecule has 3 N–H and O–H groups in total. The van der Waals surface area contributed by atoms with Crippen molar-refractivity contribution in [2.75, 3.05) is 25.0 Å². The molecule has 0 saturated heterocycles. The lowest BCUT2D eigenvalue weighted by atomic mass is 10.1. The van der Waals surface area contributed by atoms with Crippen molar-refractivity contribution in [3.05, 3.63) is 60.2 Å². The van der Waals surface area contributed by atoms with E-state index in [0.717, 1.165) is 6.07 Å². The molecule has 0 bridgehead atoms. The predicted molar refractivity (Wildman–Crippen MR) is 90.9 cm³/mol. The van der Waals surface area contributed by atoms with Crippen LogP contribution >= 0.6 is 0 Å². The van der Waals surface area contributed by atoms with E-state index in [1.54, 1.807) is 12.1 Å². The average molecular weight is 368 g/mol. The molecule has 1 amide bonds. The van der Waals surface area contributed by atoms with Crippen LogP contribution < -0.4 is 15.4 Å². The molecule has 0 aromatic heterocycles. The SMILES string of the molecule is O=C(CNc1ccccc1[C@@H](O)C(F)(F)F)NCCOc1ccccc1. The molecule has 26 heavy (non-hydrogen) atoms. The van der Waals surface area contributed by atoms with E-state index in [9.17, 15) is 23.1 Å². The van der Waals surface area contributed by atoms with Crippen molar-refractivity contribution in [2.45, 2.75) is 12.3 Å². The Kier molecular flexibility index (Phi) is 6.85. The smallest absolute Gasteiger partial charge is 0.418 e. The number of rotatable bonds is 8. The van der Waals surface area contributed by atoms with Crippen LogP contribution in [0.4, 0.5) is 18.9 Å². The van der Waals surface area contributed by atoms with Crippen molar-refractivity contribution in [3.63, 3.8) is 0 Å². The second kappa shape index (κ2) is 9.10. The van der Waals surface area contributed by atoms with E-state index in [1.807, 2.05) is 18.2 Å². The molecule has 1 atom stereocenters. The summed E-state index contributed by atoms with van der Waals surface area (Å²) in [6, 6.07) is 14.5. The molecule has 0 aliphatic heterocycles. The van der Waals surface area contributed by atoms with Gasteiger partial charge in [-0.3, -0.25) is 4.79 Å². The Balaban J connectivity index is 1.79. The zero-order valence-corrected chi connectivity index (χ0v) is 13.8. The minimum atomic E-state index is -4.78. The first-order chi connectivity index (χ1) is 12.4. The number of alkyl halides is 3. The van der Waals surface area contributed by atoms with Gasteiger partial charge in [0.2, 0.25) is 5.91 Å². The summed E-state index contributed by atoms with van der Waals surface area (Å²) in [5, 5.41) is 14.6. The van der Waals surface area contributed by atoms with Gasteiger partial charge < -0.3 is 20.5 Å². The molecule has 0 heterocycles. The highest BCUT2D eigenvalue weighted by molar-refractivity contribution is 5.81. The van der Waals surface area contributed by atoms with Gasteiger partial charge in [0.15, 0.2) is 6.10 Å². The Morgan fingerprint density at radius 3 is 2.42 bits per heavy atom. The second-order valence-corrected chi connectivity index (χ2v) is 5.40. The monoisotopic (exact) mass is 368 g/mol. The lowest BCUT2D eigenvalue weighted by Gasteiger charge is -2.19. The number of hydrogen-bond donors (Lipinski definition) is 3. The van der Waals surface area contributed by atoms with Crippen LogP contribution in [-0.2, 0) is 4.79 Å². The number of ether oxygens (including phenoxy) is 1. The summed E-state index contributed by atoms with van der Waals surface area (Å²) in [5.74, 6) is 0.271. The quantitative estimate of drug-likeness (QED) is 0.627. The van der Waals surface area contributed by atoms with Gasteiger partial charge in [-0.25, -0.2) is 0 Å². The second-order valence-electron chi connectivity index (χ2n) is 5.40. The molecule has 0 unspecified atom stereocenters. The molecule has 0 aliphatic carbocycles. The van der Waals surface area contributed by atoms with E-state index in [4.69, 9.17) is 4.74 Å². The standard InChI is InChI=1S/C18H19F3N2O3/c19-18(20,21)17(25)14-8-4-5-9-15(14)23-12-16(24)22-10-11-26-13-6-2-1-3-7-13/h1-9,17,23,25H,10-12H2,(H,22,24)/t17-/m1/s1. The Morgan fingerprint density at radius 1 is 1.08 bits per heavy atom. The summed E-state index contributed by atoms with van der Waals surface area (Å²) in [6.45, 7) is 0.286. The Bertz CT molecular complexity index is 708. The third-order valence-corrected chi connectivity index (χ3v) is 3.44. The first-order valence-corrected chi connectivity index (χ1v) is 7.90. The molecule has 8 heteroatoms. The van der Waals surface area contributed by atoms with Crippen LogP contribution in [0.3, 0.4) is 0 Å². The van der Waals surface area contributed by atoms with Crippen molar-refractivity contribution >= 4 is 11.6 Å². The van der Waals surface area contributed by atoms with Gasteiger partial charge in [-0.1, -0.05) is 36.4 Å². The van der Waals surface area contributed by atoms with Crippen molar-refractivity contribution in [3.8, 4) is 5.75 Å². The van der Waals surface area contributed by atoms with Crippen LogP contribution in [0.1, 0.15) is 11.7 Å². The molecular weight excluding hydrogens is 349 g/mol.